The Morgan fingerprint density at radius 2 is 1.28 bits per heavy atom. The van der Waals surface area contributed by atoms with E-state index < -0.39 is 0 Å². The van der Waals surface area contributed by atoms with Crippen molar-refractivity contribution >= 4 is 0 Å². The molecule has 0 amide bonds. The lowest BCUT2D eigenvalue weighted by Gasteiger charge is -2.37. The molecule has 2 nitrogen and oxygen atoms in total. The smallest absolute Gasteiger partial charge is 0.119 e. The van der Waals surface area contributed by atoms with Gasteiger partial charge in [0.2, 0.25) is 0 Å². The van der Waals surface area contributed by atoms with Crippen molar-refractivity contribution in [3.8, 4) is 11.5 Å². The van der Waals surface area contributed by atoms with Gasteiger partial charge in [-0.2, -0.15) is 0 Å². The minimum atomic E-state index is -0.109. The Morgan fingerprint density at radius 1 is 0.781 bits per heavy atom. The summed E-state index contributed by atoms with van der Waals surface area (Å²) in [5, 5.41) is 21.3. The second-order valence-electron chi connectivity index (χ2n) is 12.1. The van der Waals surface area contributed by atoms with Crippen LogP contribution in [0.25, 0.3) is 0 Å². The number of phenolic OH excluding ortho intramolecular Hbond substituents is 2. The molecule has 0 spiro atoms. The summed E-state index contributed by atoms with van der Waals surface area (Å²) in [5.74, 6) is 2.61. The van der Waals surface area contributed by atoms with Crippen LogP contribution in [0.2, 0.25) is 0 Å². The molecule has 1 aliphatic carbocycles. The third-order valence-electron chi connectivity index (χ3n) is 7.91. The molecule has 1 fully saturated rings. The molecule has 176 valence electrons. The van der Waals surface area contributed by atoms with Gasteiger partial charge in [-0.1, -0.05) is 60.1 Å². The molecule has 0 atom stereocenters. The van der Waals surface area contributed by atoms with E-state index >= 15 is 0 Å². The predicted molar refractivity (Wildman–Crippen MR) is 136 cm³/mol. The zero-order valence-electron chi connectivity index (χ0n) is 21.6. The first kappa shape index (κ1) is 24.7. The fourth-order valence-electron chi connectivity index (χ4n) is 5.35. The topological polar surface area (TPSA) is 40.5 Å². The summed E-state index contributed by atoms with van der Waals surface area (Å²) in [4.78, 5) is 0. The minimum absolute atomic E-state index is 0.0512. The van der Waals surface area contributed by atoms with Crippen molar-refractivity contribution in [2.24, 2.45) is 11.8 Å². The molecule has 3 rings (SSSR count). The fourth-order valence-corrected chi connectivity index (χ4v) is 5.35. The van der Waals surface area contributed by atoms with Crippen LogP contribution in [-0.4, -0.2) is 10.2 Å². The summed E-state index contributed by atoms with van der Waals surface area (Å²) in [6, 6.07) is 8.26. The Kier molecular flexibility index (Phi) is 7.03. The van der Waals surface area contributed by atoms with Gasteiger partial charge < -0.3 is 10.2 Å². The fraction of sp³-hybridized carbons (Fsp3) is 0.600. The van der Waals surface area contributed by atoms with Crippen molar-refractivity contribution in [3.05, 3.63) is 57.6 Å². The monoisotopic (exact) mass is 436 g/mol. The van der Waals surface area contributed by atoms with E-state index in [1.807, 2.05) is 12.1 Å². The van der Waals surface area contributed by atoms with Gasteiger partial charge in [-0.25, -0.2) is 0 Å². The van der Waals surface area contributed by atoms with Crippen LogP contribution in [0.15, 0.2) is 24.3 Å². The van der Waals surface area contributed by atoms with E-state index in [1.165, 1.54) is 36.8 Å². The molecule has 0 radical (unpaired) electrons. The maximum Gasteiger partial charge on any atom is 0.119 e. The predicted octanol–water partition coefficient (Wildman–Crippen LogP) is 8.10. The van der Waals surface area contributed by atoms with Crippen LogP contribution in [0.3, 0.4) is 0 Å². The highest BCUT2D eigenvalue weighted by Gasteiger charge is 2.31. The summed E-state index contributed by atoms with van der Waals surface area (Å²) < 4.78 is 0. The first-order chi connectivity index (χ1) is 14.8. The maximum absolute atomic E-state index is 10.8. The van der Waals surface area contributed by atoms with Crippen LogP contribution in [0.4, 0.5) is 0 Å². The molecule has 0 aliphatic heterocycles. The maximum atomic E-state index is 10.8. The van der Waals surface area contributed by atoms with Gasteiger partial charge in [0, 0.05) is 0 Å². The normalized spacial score (nSPS) is 19.1. The molecule has 0 aromatic heterocycles. The Morgan fingerprint density at radius 3 is 1.78 bits per heavy atom. The minimum Gasteiger partial charge on any atom is -0.508 e. The van der Waals surface area contributed by atoms with Gasteiger partial charge in [-0.3, -0.25) is 0 Å². The zero-order chi connectivity index (χ0) is 23.8. The van der Waals surface area contributed by atoms with E-state index in [2.05, 4.69) is 67.5 Å². The number of aryl methyl sites for hydroxylation is 2. The lowest BCUT2D eigenvalue weighted by Crippen LogP contribution is -2.26. The Bertz CT molecular complexity index is 956. The van der Waals surface area contributed by atoms with Crippen LogP contribution < -0.4 is 0 Å². The second-order valence-corrected chi connectivity index (χ2v) is 12.1. The molecule has 1 aliphatic rings. The van der Waals surface area contributed by atoms with Gasteiger partial charge in [0.25, 0.3) is 0 Å². The van der Waals surface area contributed by atoms with Crippen molar-refractivity contribution in [3.63, 3.8) is 0 Å². The van der Waals surface area contributed by atoms with Gasteiger partial charge in [0.1, 0.15) is 11.5 Å². The van der Waals surface area contributed by atoms with Crippen molar-refractivity contribution in [1.82, 2.24) is 0 Å². The number of aromatic hydroxyl groups is 2. The first-order valence-electron chi connectivity index (χ1n) is 12.5. The van der Waals surface area contributed by atoms with Crippen molar-refractivity contribution in [1.29, 1.82) is 0 Å². The van der Waals surface area contributed by atoms with E-state index in [1.54, 1.807) is 0 Å². The largest absolute Gasteiger partial charge is 0.508 e. The molecular formula is C30H44O2. The van der Waals surface area contributed by atoms with E-state index in [4.69, 9.17) is 0 Å². The molecule has 2 heteroatoms. The molecule has 32 heavy (non-hydrogen) atoms. The summed E-state index contributed by atoms with van der Waals surface area (Å²) in [5.41, 5.74) is 6.63. The number of benzene rings is 2. The van der Waals surface area contributed by atoms with Crippen molar-refractivity contribution in [2.45, 2.75) is 105 Å². The highest BCUT2D eigenvalue weighted by atomic mass is 16.3. The van der Waals surface area contributed by atoms with Crippen molar-refractivity contribution < 1.29 is 10.2 Å². The summed E-state index contributed by atoms with van der Waals surface area (Å²) >= 11 is 0. The number of phenols is 2. The van der Waals surface area contributed by atoms with Gasteiger partial charge in [-0.15, -0.1) is 0 Å². The molecule has 0 bridgehead atoms. The lowest BCUT2D eigenvalue weighted by atomic mass is 9.68. The first-order valence-corrected chi connectivity index (χ1v) is 12.5. The molecule has 1 saturated carbocycles. The van der Waals surface area contributed by atoms with E-state index in [0.29, 0.717) is 11.5 Å². The molecule has 0 saturated heterocycles. The summed E-state index contributed by atoms with van der Waals surface area (Å²) in [7, 11) is 0. The van der Waals surface area contributed by atoms with Crippen LogP contribution in [0, 0.1) is 25.7 Å². The van der Waals surface area contributed by atoms with Crippen LogP contribution in [0.1, 0.15) is 107 Å². The average molecular weight is 437 g/mol. The number of hydrogen-bond acceptors (Lipinski definition) is 2. The Hall–Kier alpha value is -1.96. The SMILES string of the molecule is CCC1CC(CCC(C)(C)c2cc(Cc3cc(C(C)(C)C)c(O)cc3C)c(C)cc2O)C1. The van der Waals surface area contributed by atoms with Gasteiger partial charge >= 0.3 is 0 Å². The molecule has 2 N–H and O–H groups in total. The number of hydrogen-bond donors (Lipinski definition) is 2. The van der Waals surface area contributed by atoms with E-state index in [-0.39, 0.29) is 10.8 Å². The van der Waals surface area contributed by atoms with E-state index in [0.717, 1.165) is 46.9 Å². The Labute approximate surface area is 196 Å². The van der Waals surface area contributed by atoms with Crippen LogP contribution in [-0.2, 0) is 17.3 Å². The van der Waals surface area contributed by atoms with Crippen LogP contribution in [0.5, 0.6) is 11.5 Å². The van der Waals surface area contributed by atoms with E-state index in [9.17, 15) is 10.2 Å². The summed E-state index contributed by atoms with van der Waals surface area (Å²) in [6.45, 7) is 17.4. The van der Waals surface area contributed by atoms with Crippen molar-refractivity contribution in [2.75, 3.05) is 0 Å². The standard InChI is InChI=1S/C30H44O2/c1-9-21-14-22(15-21)10-11-30(7,8)26-18-24(20(3)13-28(26)32)16-23-17-25(29(4,5)6)27(31)12-19(23)2/h12-13,17-18,21-22,31-32H,9-11,14-16H2,1-8H3. The second kappa shape index (κ2) is 9.12. The van der Waals surface area contributed by atoms with Gasteiger partial charge in [0.05, 0.1) is 0 Å². The Balaban J connectivity index is 1.86. The zero-order valence-corrected chi connectivity index (χ0v) is 21.6. The molecule has 0 unspecified atom stereocenters. The summed E-state index contributed by atoms with van der Waals surface area (Å²) in [6.07, 6.45) is 7.25. The molecule has 2 aromatic rings. The highest BCUT2D eigenvalue weighted by Crippen LogP contribution is 2.43. The lowest BCUT2D eigenvalue weighted by molar-refractivity contribution is 0.164. The third kappa shape index (κ3) is 5.33. The third-order valence-corrected chi connectivity index (χ3v) is 7.91. The van der Waals surface area contributed by atoms with Gasteiger partial charge in [-0.05, 0) is 114 Å². The molecule has 2 aromatic carbocycles. The van der Waals surface area contributed by atoms with Crippen LogP contribution >= 0.6 is 0 Å². The molecule has 0 heterocycles. The number of rotatable bonds is 7. The quantitative estimate of drug-likeness (QED) is 0.460. The van der Waals surface area contributed by atoms with Gasteiger partial charge in [0.15, 0.2) is 0 Å². The average Bonchev–Trinajstić information content (AvgIpc) is 2.63. The molecular weight excluding hydrogens is 392 g/mol. The highest BCUT2D eigenvalue weighted by molar-refractivity contribution is 5.50.